The summed E-state index contributed by atoms with van der Waals surface area (Å²) in [5.74, 6) is 0.961. The van der Waals surface area contributed by atoms with E-state index in [-0.39, 0.29) is 10.6 Å². The van der Waals surface area contributed by atoms with Crippen LogP contribution in [0.3, 0.4) is 0 Å². The number of nitrogen functional groups attached to an aromatic ring is 1. The van der Waals surface area contributed by atoms with Gasteiger partial charge >= 0.3 is 0 Å². The lowest BCUT2D eigenvalue weighted by atomic mass is 10.4. The molecule has 0 radical (unpaired) electrons. The van der Waals surface area contributed by atoms with E-state index in [2.05, 4.69) is 4.98 Å². The number of anilines is 1. The SMILES string of the molecule is Nc1ccc(SCCS(=O)(=O)c2ccc(Cl)cc2)cn1. The maximum atomic E-state index is 12.1. The standard InChI is InChI=1S/C13H13ClN2O2S2/c14-10-1-4-12(5-2-10)20(17,18)8-7-19-11-3-6-13(15)16-9-11/h1-6,9H,7-8H2,(H2,15,16). The van der Waals surface area contributed by atoms with Crippen LogP contribution in [-0.4, -0.2) is 24.9 Å². The van der Waals surface area contributed by atoms with Gasteiger partial charge in [0.15, 0.2) is 9.84 Å². The van der Waals surface area contributed by atoms with E-state index in [9.17, 15) is 8.42 Å². The first-order valence-corrected chi connectivity index (χ1v) is 8.81. The summed E-state index contributed by atoms with van der Waals surface area (Å²) >= 11 is 7.17. The van der Waals surface area contributed by atoms with Crippen molar-refractivity contribution in [1.82, 2.24) is 4.98 Å². The Hall–Kier alpha value is -1.24. The summed E-state index contributed by atoms with van der Waals surface area (Å²) < 4.78 is 24.2. The zero-order valence-electron chi connectivity index (χ0n) is 10.5. The molecular formula is C13H13ClN2O2S2. The second-order valence-corrected chi connectivity index (χ2v) is 7.75. The molecule has 0 amide bonds. The van der Waals surface area contributed by atoms with Gasteiger partial charge in [-0.05, 0) is 36.4 Å². The van der Waals surface area contributed by atoms with Crippen molar-refractivity contribution in [1.29, 1.82) is 0 Å². The molecule has 0 unspecified atom stereocenters. The predicted octanol–water partition coefficient (Wildman–Crippen LogP) is 2.88. The van der Waals surface area contributed by atoms with Crippen molar-refractivity contribution in [3.05, 3.63) is 47.6 Å². The average Bonchev–Trinajstić information content (AvgIpc) is 2.41. The number of rotatable bonds is 5. The highest BCUT2D eigenvalue weighted by Crippen LogP contribution is 2.20. The van der Waals surface area contributed by atoms with E-state index in [0.717, 1.165) is 4.90 Å². The smallest absolute Gasteiger partial charge is 0.179 e. The van der Waals surface area contributed by atoms with Crippen molar-refractivity contribution in [2.75, 3.05) is 17.2 Å². The molecule has 0 fully saturated rings. The molecule has 0 bridgehead atoms. The molecule has 2 rings (SSSR count). The normalized spacial score (nSPS) is 11.4. The largest absolute Gasteiger partial charge is 0.384 e. The van der Waals surface area contributed by atoms with E-state index in [4.69, 9.17) is 17.3 Å². The highest BCUT2D eigenvalue weighted by Gasteiger charge is 2.14. The van der Waals surface area contributed by atoms with Crippen LogP contribution < -0.4 is 5.73 Å². The fourth-order valence-corrected chi connectivity index (χ4v) is 4.16. The van der Waals surface area contributed by atoms with Gasteiger partial charge < -0.3 is 5.73 Å². The zero-order valence-corrected chi connectivity index (χ0v) is 12.9. The molecule has 20 heavy (non-hydrogen) atoms. The van der Waals surface area contributed by atoms with Crippen molar-refractivity contribution < 1.29 is 8.42 Å². The summed E-state index contributed by atoms with van der Waals surface area (Å²) in [7, 11) is -3.28. The van der Waals surface area contributed by atoms with Crippen molar-refractivity contribution in [3.63, 3.8) is 0 Å². The Bertz CT molecular complexity index is 671. The molecule has 1 aromatic heterocycles. The van der Waals surface area contributed by atoms with Crippen LogP contribution in [0.4, 0.5) is 5.82 Å². The number of hydrogen-bond donors (Lipinski definition) is 1. The van der Waals surface area contributed by atoms with E-state index in [1.807, 2.05) is 6.07 Å². The summed E-state index contributed by atoms with van der Waals surface area (Å²) in [6, 6.07) is 9.70. The minimum absolute atomic E-state index is 0.0592. The zero-order chi connectivity index (χ0) is 14.6. The van der Waals surface area contributed by atoms with Crippen LogP contribution >= 0.6 is 23.4 Å². The van der Waals surface area contributed by atoms with Crippen LogP contribution in [0.2, 0.25) is 5.02 Å². The van der Waals surface area contributed by atoms with Crippen molar-refractivity contribution >= 4 is 39.0 Å². The summed E-state index contributed by atoms with van der Waals surface area (Å²) in [4.78, 5) is 5.14. The molecule has 0 atom stereocenters. The highest BCUT2D eigenvalue weighted by molar-refractivity contribution is 8.00. The van der Waals surface area contributed by atoms with Crippen LogP contribution in [0.1, 0.15) is 0 Å². The molecule has 1 heterocycles. The number of nitrogens with two attached hydrogens (primary N) is 1. The first-order valence-electron chi connectivity index (χ1n) is 5.80. The van der Waals surface area contributed by atoms with E-state index in [1.54, 1.807) is 24.4 Å². The Morgan fingerprint density at radius 1 is 1.15 bits per heavy atom. The van der Waals surface area contributed by atoms with Crippen LogP contribution in [0.25, 0.3) is 0 Å². The molecule has 4 nitrogen and oxygen atoms in total. The monoisotopic (exact) mass is 328 g/mol. The lowest BCUT2D eigenvalue weighted by Gasteiger charge is -2.05. The van der Waals surface area contributed by atoms with Gasteiger partial charge in [-0.15, -0.1) is 11.8 Å². The molecule has 0 saturated heterocycles. The second kappa shape index (κ2) is 6.47. The summed E-state index contributed by atoms with van der Waals surface area (Å²) in [5, 5.41) is 0.520. The number of sulfone groups is 1. The fourth-order valence-electron chi connectivity index (χ4n) is 1.51. The minimum atomic E-state index is -3.28. The molecule has 0 aliphatic carbocycles. The van der Waals surface area contributed by atoms with Gasteiger partial charge in [-0.25, -0.2) is 13.4 Å². The summed E-state index contributed by atoms with van der Waals surface area (Å²) in [6.07, 6.45) is 1.63. The maximum absolute atomic E-state index is 12.1. The first-order chi connectivity index (χ1) is 9.47. The molecule has 0 saturated carbocycles. The van der Waals surface area contributed by atoms with E-state index in [1.165, 1.54) is 23.9 Å². The Morgan fingerprint density at radius 2 is 1.85 bits per heavy atom. The topological polar surface area (TPSA) is 73.1 Å². The van der Waals surface area contributed by atoms with Crippen LogP contribution in [-0.2, 0) is 9.84 Å². The average molecular weight is 329 g/mol. The lowest BCUT2D eigenvalue weighted by molar-refractivity contribution is 0.597. The Kier molecular flexibility index (Phi) is 4.91. The van der Waals surface area contributed by atoms with Crippen LogP contribution in [0, 0.1) is 0 Å². The minimum Gasteiger partial charge on any atom is -0.384 e. The quantitative estimate of drug-likeness (QED) is 0.854. The number of benzene rings is 1. The van der Waals surface area contributed by atoms with Crippen molar-refractivity contribution in [2.45, 2.75) is 9.79 Å². The number of halogens is 1. The molecule has 7 heteroatoms. The van der Waals surface area contributed by atoms with Crippen LogP contribution in [0.5, 0.6) is 0 Å². The lowest BCUT2D eigenvalue weighted by Crippen LogP contribution is -2.08. The van der Waals surface area contributed by atoms with Crippen LogP contribution in [0.15, 0.2) is 52.4 Å². The number of nitrogens with zero attached hydrogens (tertiary/aromatic N) is 1. The highest BCUT2D eigenvalue weighted by atomic mass is 35.5. The molecule has 1 aromatic carbocycles. The van der Waals surface area contributed by atoms with E-state index >= 15 is 0 Å². The van der Waals surface area contributed by atoms with E-state index < -0.39 is 9.84 Å². The Morgan fingerprint density at radius 3 is 2.45 bits per heavy atom. The summed E-state index contributed by atoms with van der Waals surface area (Å²) in [5.41, 5.74) is 5.49. The maximum Gasteiger partial charge on any atom is 0.179 e. The van der Waals surface area contributed by atoms with Gasteiger partial charge in [0.05, 0.1) is 10.6 Å². The van der Waals surface area contributed by atoms with Gasteiger partial charge in [-0.1, -0.05) is 11.6 Å². The van der Waals surface area contributed by atoms with Gasteiger partial charge in [0.2, 0.25) is 0 Å². The molecule has 2 N–H and O–H groups in total. The van der Waals surface area contributed by atoms with Gasteiger partial charge in [0.25, 0.3) is 0 Å². The van der Waals surface area contributed by atoms with E-state index in [0.29, 0.717) is 16.6 Å². The first kappa shape index (κ1) is 15.2. The molecular weight excluding hydrogens is 316 g/mol. The fraction of sp³-hybridized carbons (Fsp3) is 0.154. The summed E-state index contributed by atoms with van der Waals surface area (Å²) in [6.45, 7) is 0. The number of aromatic nitrogens is 1. The molecule has 106 valence electrons. The molecule has 0 spiro atoms. The molecule has 0 aliphatic rings. The van der Waals surface area contributed by atoms with Gasteiger partial charge in [0, 0.05) is 21.9 Å². The van der Waals surface area contributed by atoms with Gasteiger partial charge in [-0.3, -0.25) is 0 Å². The third-order valence-corrected chi connectivity index (χ3v) is 5.78. The number of hydrogen-bond acceptors (Lipinski definition) is 5. The second-order valence-electron chi connectivity index (χ2n) is 4.04. The number of pyridine rings is 1. The predicted molar refractivity (Wildman–Crippen MR) is 82.9 cm³/mol. The third kappa shape index (κ3) is 4.13. The molecule has 0 aliphatic heterocycles. The third-order valence-electron chi connectivity index (χ3n) is 2.55. The Balaban J connectivity index is 1.96. The van der Waals surface area contributed by atoms with Crippen molar-refractivity contribution in [2.24, 2.45) is 0 Å². The Labute approximate surface area is 127 Å². The van der Waals surface area contributed by atoms with Crippen molar-refractivity contribution in [3.8, 4) is 0 Å². The number of thioether (sulfide) groups is 1. The van der Waals surface area contributed by atoms with Gasteiger partial charge in [-0.2, -0.15) is 0 Å². The molecule has 2 aromatic rings. The van der Waals surface area contributed by atoms with Gasteiger partial charge in [0.1, 0.15) is 5.82 Å².